The molecule has 1 saturated heterocycles. The van der Waals surface area contributed by atoms with Crippen molar-refractivity contribution in [3.05, 3.63) is 35.9 Å². The fourth-order valence-electron chi connectivity index (χ4n) is 1.89. The number of aliphatic carboxylic acids is 1. The largest absolute Gasteiger partial charge is 0.480 e. The second kappa shape index (κ2) is 5.14. The van der Waals surface area contributed by atoms with E-state index in [0.717, 1.165) is 12.8 Å². The van der Waals surface area contributed by atoms with Crippen LogP contribution in [-0.2, 0) is 4.79 Å². The summed E-state index contributed by atoms with van der Waals surface area (Å²) in [5, 5.41) is 11.9. The van der Waals surface area contributed by atoms with E-state index in [1.807, 2.05) is 30.3 Å². The summed E-state index contributed by atoms with van der Waals surface area (Å²) >= 11 is 0. The molecule has 1 aliphatic rings. The third kappa shape index (κ3) is 2.70. The Morgan fingerprint density at radius 1 is 1.27 bits per heavy atom. The average molecular weight is 228 g/mol. The molecule has 1 aliphatic heterocycles. The molecule has 82 valence electrons. The van der Waals surface area contributed by atoms with Gasteiger partial charge in [-0.3, -0.25) is 10.1 Å². The van der Waals surface area contributed by atoms with E-state index in [-0.39, 0.29) is 24.5 Å². The Hall–Kier alpha value is -1.06. The van der Waals surface area contributed by atoms with Gasteiger partial charge < -0.3 is 5.11 Å². The number of carboxylic acid groups (broad SMARTS) is 1. The summed E-state index contributed by atoms with van der Waals surface area (Å²) in [5.41, 5.74) is 1.18. The van der Waals surface area contributed by atoms with Crippen molar-refractivity contribution in [1.29, 1.82) is 0 Å². The lowest BCUT2D eigenvalue weighted by molar-refractivity contribution is -0.139. The molecule has 0 spiro atoms. The highest BCUT2D eigenvalue weighted by Gasteiger charge is 2.29. The third-order valence-corrected chi connectivity index (χ3v) is 2.65. The van der Waals surface area contributed by atoms with Crippen molar-refractivity contribution in [2.75, 3.05) is 0 Å². The Labute approximate surface area is 94.9 Å². The van der Waals surface area contributed by atoms with Crippen LogP contribution in [-0.4, -0.2) is 17.1 Å². The molecule has 2 atom stereocenters. The maximum absolute atomic E-state index is 10.7. The van der Waals surface area contributed by atoms with E-state index in [1.54, 1.807) is 0 Å². The van der Waals surface area contributed by atoms with Crippen molar-refractivity contribution in [3.63, 3.8) is 0 Å². The fraction of sp³-hybridized carbons (Fsp3) is 0.364. The number of carboxylic acids is 1. The highest BCUT2D eigenvalue weighted by molar-refractivity contribution is 5.85. The first-order chi connectivity index (χ1) is 6.77. The normalized spacial score (nSPS) is 24.5. The van der Waals surface area contributed by atoms with Crippen LogP contribution >= 0.6 is 12.4 Å². The quantitative estimate of drug-likeness (QED) is 0.813. The molecule has 1 fully saturated rings. The van der Waals surface area contributed by atoms with Crippen LogP contribution in [0.1, 0.15) is 24.4 Å². The minimum Gasteiger partial charge on any atom is -0.480 e. The van der Waals surface area contributed by atoms with Gasteiger partial charge in [0.25, 0.3) is 0 Å². The summed E-state index contributed by atoms with van der Waals surface area (Å²) in [6.07, 6.45) is 1.62. The Bertz CT molecular complexity index is 329. The summed E-state index contributed by atoms with van der Waals surface area (Å²) < 4.78 is 0. The first-order valence-electron chi connectivity index (χ1n) is 4.81. The second-order valence-electron chi connectivity index (χ2n) is 3.60. The Balaban J connectivity index is 0.00000112. The Morgan fingerprint density at radius 2 is 1.93 bits per heavy atom. The van der Waals surface area contributed by atoms with E-state index in [4.69, 9.17) is 5.11 Å². The third-order valence-electron chi connectivity index (χ3n) is 2.65. The van der Waals surface area contributed by atoms with Gasteiger partial charge >= 0.3 is 5.97 Å². The van der Waals surface area contributed by atoms with Gasteiger partial charge in [-0.25, -0.2) is 0 Å². The zero-order chi connectivity index (χ0) is 9.97. The van der Waals surface area contributed by atoms with Crippen molar-refractivity contribution >= 4 is 18.4 Å². The van der Waals surface area contributed by atoms with Crippen molar-refractivity contribution in [2.45, 2.75) is 24.9 Å². The number of halogens is 1. The van der Waals surface area contributed by atoms with Crippen LogP contribution in [0.4, 0.5) is 0 Å². The number of nitrogens with one attached hydrogen (secondary N) is 1. The molecule has 4 heteroatoms. The van der Waals surface area contributed by atoms with Gasteiger partial charge in [0.1, 0.15) is 6.04 Å². The van der Waals surface area contributed by atoms with E-state index >= 15 is 0 Å². The fourth-order valence-corrected chi connectivity index (χ4v) is 1.89. The SMILES string of the molecule is Cl.O=C(O)[C@H]1CC[C@@H](c2ccccc2)N1. The molecule has 1 aromatic carbocycles. The molecule has 0 saturated carbocycles. The highest BCUT2D eigenvalue weighted by Crippen LogP contribution is 2.26. The minimum absolute atomic E-state index is 0. The van der Waals surface area contributed by atoms with E-state index < -0.39 is 5.97 Å². The number of carbonyl (C=O) groups is 1. The second-order valence-corrected chi connectivity index (χ2v) is 3.60. The maximum Gasteiger partial charge on any atom is 0.320 e. The molecular weight excluding hydrogens is 214 g/mol. The maximum atomic E-state index is 10.7. The van der Waals surface area contributed by atoms with E-state index in [2.05, 4.69) is 5.32 Å². The van der Waals surface area contributed by atoms with Crippen LogP contribution in [0.2, 0.25) is 0 Å². The smallest absolute Gasteiger partial charge is 0.320 e. The predicted molar refractivity (Wildman–Crippen MR) is 60.2 cm³/mol. The molecule has 0 amide bonds. The Morgan fingerprint density at radius 3 is 2.47 bits per heavy atom. The van der Waals surface area contributed by atoms with Crippen LogP contribution in [0, 0.1) is 0 Å². The zero-order valence-electron chi connectivity index (χ0n) is 8.22. The van der Waals surface area contributed by atoms with Crippen molar-refractivity contribution in [1.82, 2.24) is 5.32 Å². The first kappa shape index (κ1) is 12.0. The zero-order valence-corrected chi connectivity index (χ0v) is 9.04. The number of hydrogen-bond acceptors (Lipinski definition) is 2. The van der Waals surface area contributed by atoms with Crippen LogP contribution in [0.3, 0.4) is 0 Å². The molecule has 2 rings (SSSR count). The van der Waals surface area contributed by atoms with Gasteiger partial charge in [-0.2, -0.15) is 0 Å². The van der Waals surface area contributed by atoms with Gasteiger partial charge in [0.05, 0.1) is 0 Å². The van der Waals surface area contributed by atoms with Crippen LogP contribution in [0.5, 0.6) is 0 Å². The topological polar surface area (TPSA) is 49.3 Å². The average Bonchev–Trinajstić information content (AvgIpc) is 2.68. The van der Waals surface area contributed by atoms with Gasteiger partial charge in [-0.05, 0) is 18.4 Å². The van der Waals surface area contributed by atoms with Gasteiger partial charge in [0, 0.05) is 6.04 Å². The Kier molecular flexibility index (Phi) is 4.12. The minimum atomic E-state index is -0.747. The molecular formula is C11H14ClNO2. The molecule has 15 heavy (non-hydrogen) atoms. The summed E-state index contributed by atoms with van der Waals surface area (Å²) in [6, 6.07) is 9.81. The number of benzene rings is 1. The monoisotopic (exact) mass is 227 g/mol. The lowest BCUT2D eigenvalue weighted by Crippen LogP contribution is -2.31. The van der Waals surface area contributed by atoms with E-state index in [9.17, 15) is 4.79 Å². The molecule has 1 aromatic rings. The predicted octanol–water partition coefficient (Wildman–Crippen LogP) is 1.99. The molecule has 0 bridgehead atoms. The molecule has 0 aliphatic carbocycles. The summed E-state index contributed by atoms with van der Waals surface area (Å²) in [5.74, 6) is -0.747. The van der Waals surface area contributed by atoms with E-state index in [1.165, 1.54) is 5.56 Å². The van der Waals surface area contributed by atoms with Crippen molar-refractivity contribution in [2.24, 2.45) is 0 Å². The van der Waals surface area contributed by atoms with Crippen LogP contribution in [0.25, 0.3) is 0 Å². The molecule has 0 aromatic heterocycles. The van der Waals surface area contributed by atoms with Crippen LogP contribution < -0.4 is 5.32 Å². The number of rotatable bonds is 2. The molecule has 1 heterocycles. The van der Waals surface area contributed by atoms with E-state index in [0.29, 0.717) is 0 Å². The summed E-state index contributed by atoms with van der Waals surface area (Å²) in [7, 11) is 0. The molecule has 2 N–H and O–H groups in total. The number of hydrogen-bond donors (Lipinski definition) is 2. The van der Waals surface area contributed by atoms with Gasteiger partial charge in [0.2, 0.25) is 0 Å². The molecule has 0 radical (unpaired) electrons. The molecule has 3 nitrogen and oxygen atoms in total. The van der Waals surface area contributed by atoms with Gasteiger partial charge in [0.15, 0.2) is 0 Å². The highest BCUT2D eigenvalue weighted by atomic mass is 35.5. The lowest BCUT2D eigenvalue weighted by atomic mass is 10.1. The van der Waals surface area contributed by atoms with Crippen LogP contribution in [0.15, 0.2) is 30.3 Å². The van der Waals surface area contributed by atoms with Gasteiger partial charge in [-0.15, -0.1) is 12.4 Å². The molecule has 0 unspecified atom stereocenters. The van der Waals surface area contributed by atoms with Gasteiger partial charge in [-0.1, -0.05) is 30.3 Å². The summed E-state index contributed by atoms with van der Waals surface area (Å²) in [6.45, 7) is 0. The van der Waals surface area contributed by atoms with Crippen molar-refractivity contribution < 1.29 is 9.90 Å². The van der Waals surface area contributed by atoms with Crippen molar-refractivity contribution in [3.8, 4) is 0 Å². The first-order valence-corrected chi connectivity index (χ1v) is 4.81. The standard InChI is InChI=1S/C11H13NO2.ClH/c13-11(14)10-7-6-9(12-10)8-4-2-1-3-5-8;/h1-5,9-10,12H,6-7H2,(H,13,14);1H/t9-,10+;/m0./s1. The summed E-state index contributed by atoms with van der Waals surface area (Å²) in [4.78, 5) is 10.7. The lowest BCUT2D eigenvalue weighted by Gasteiger charge is -2.11.